The van der Waals surface area contributed by atoms with E-state index >= 15 is 0 Å². The summed E-state index contributed by atoms with van der Waals surface area (Å²) in [7, 11) is 0. The van der Waals surface area contributed by atoms with Crippen molar-refractivity contribution in [3.63, 3.8) is 0 Å². The van der Waals surface area contributed by atoms with E-state index in [9.17, 15) is 10.1 Å². The monoisotopic (exact) mass is 407 g/mol. The summed E-state index contributed by atoms with van der Waals surface area (Å²) in [6.07, 6.45) is 1.63. The first-order chi connectivity index (χ1) is 14.1. The topological polar surface area (TPSA) is 106 Å². The Balaban J connectivity index is 1.70. The van der Waals surface area contributed by atoms with Gasteiger partial charge in [0, 0.05) is 24.4 Å². The molecule has 0 bridgehead atoms. The Hall–Kier alpha value is -3.09. The molecule has 2 aliphatic heterocycles. The van der Waals surface area contributed by atoms with Crippen molar-refractivity contribution in [3.8, 4) is 6.07 Å². The number of aryl methyl sites for hydroxylation is 1. The Bertz CT molecular complexity index is 1020. The lowest BCUT2D eigenvalue weighted by Crippen LogP contribution is -2.38. The number of aromatic nitrogens is 2. The van der Waals surface area contributed by atoms with E-state index in [0.29, 0.717) is 29.4 Å². The van der Waals surface area contributed by atoms with E-state index in [4.69, 9.17) is 0 Å². The second kappa shape index (κ2) is 8.11. The number of carbonyl (C=O) groups excluding carboxylic acids is 1. The second-order valence-electron chi connectivity index (χ2n) is 6.71. The van der Waals surface area contributed by atoms with E-state index in [1.165, 1.54) is 0 Å². The molecule has 3 N–H and O–H groups in total. The maximum atomic E-state index is 12.4. The highest BCUT2D eigenvalue weighted by atomic mass is 32.2. The molecule has 1 aromatic carbocycles. The van der Waals surface area contributed by atoms with Crippen LogP contribution in [0.25, 0.3) is 5.57 Å². The van der Waals surface area contributed by atoms with Crippen LogP contribution in [-0.4, -0.2) is 40.1 Å². The van der Waals surface area contributed by atoms with Crippen molar-refractivity contribution in [1.29, 1.82) is 5.26 Å². The SMILES string of the molecule is CCN1C(=C(C#N)c2nc(NC(=O)[C@@H]3CSCN3)ncc2C)Nc2ccccc21. The summed E-state index contributed by atoms with van der Waals surface area (Å²) in [6, 6.07) is 9.94. The van der Waals surface area contributed by atoms with E-state index in [-0.39, 0.29) is 17.9 Å². The van der Waals surface area contributed by atoms with E-state index in [1.807, 2.05) is 43.0 Å². The molecule has 1 atom stereocenters. The van der Waals surface area contributed by atoms with Crippen LogP contribution in [0.15, 0.2) is 36.3 Å². The molecule has 148 valence electrons. The van der Waals surface area contributed by atoms with E-state index in [0.717, 1.165) is 22.8 Å². The Morgan fingerprint density at radius 2 is 2.28 bits per heavy atom. The van der Waals surface area contributed by atoms with Crippen molar-refractivity contribution in [2.75, 3.05) is 33.7 Å². The standard InChI is InChI=1S/C20H21N7OS/c1-3-27-16-7-5-4-6-14(16)24-18(27)13(8-21)17-12(2)9-22-20(25-17)26-19(28)15-10-29-11-23-15/h4-7,9,15,23-24H,3,10-11H2,1-2H3,(H,22,25,26,28)/t15-/m0/s1. The molecular formula is C20H21N7OS. The number of allylic oxidation sites excluding steroid dienone is 1. The summed E-state index contributed by atoms with van der Waals surface area (Å²) >= 11 is 1.67. The average Bonchev–Trinajstić information content (AvgIpc) is 3.38. The molecule has 1 amide bonds. The van der Waals surface area contributed by atoms with Gasteiger partial charge < -0.3 is 10.2 Å². The number of anilines is 3. The molecule has 8 nitrogen and oxygen atoms in total. The Labute approximate surface area is 173 Å². The van der Waals surface area contributed by atoms with Crippen LogP contribution in [0.4, 0.5) is 17.3 Å². The molecule has 0 spiro atoms. The molecule has 3 heterocycles. The van der Waals surface area contributed by atoms with E-state index in [2.05, 4.69) is 32.0 Å². The third-order valence-corrected chi connectivity index (χ3v) is 5.80. The van der Waals surface area contributed by atoms with Gasteiger partial charge in [0.15, 0.2) is 0 Å². The average molecular weight is 408 g/mol. The van der Waals surface area contributed by atoms with Gasteiger partial charge in [0.2, 0.25) is 11.9 Å². The van der Waals surface area contributed by atoms with Crippen molar-refractivity contribution >= 4 is 40.6 Å². The Morgan fingerprint density at radius 1 is 1.45 bits per heavy atom. The first kappa shape index (κ1) is 19.2. The lowest BCUT2D eigenvalue weighted by Gasteiger charge is -2.19. The lowest BCUT2D eigenvalue weighted by molar-refractivity contribution is -0.117. The van der Waals surface area contributed by atoms with Gasteiger partial charge in [-0.05, 0) is 31.5 Å². The minimum Gasteiger partial charge on any atom is -0.339 e. The third-order valence-electron chi connectivity index (χ3n) is 4.86. The normalized spacial score (nSPS) is 19.3. The van der Waals surface area contributed by atoms with Crippen molar-refractivity contribution in [1.82, 2.24) is 15.3 Å². The molecule has 29 heavy (non-hydrogen) atoms. The first-order valence-electron chi connectivity index (χ1n) is 9.36. The van der Waals surface area contributed by atoms with Gasteiger partial charge in [-0.3, -0.25) is 15.4 Å². The molecule has 0 saturated carbocycles. The molecule has 1 saturated heterocycles. The van der Waals surface area contributed by atoms with Crippen LogP contribution in [0.3, 0.4) is 0 Å². The number of nitriles is 1. The summed E-state index contributed by atoms with van der Waals surface area (Å²) in [6.45, 7) is 4.58. The number of amides is 1. The van der Waals surface area contributed by atoms with Gasteiger partial charge in [0.1, 0.15) is 17.5 Å². The van der Waals surface area contributed by atoms with Gasteiger partial charge in [0.25, 0.3) is 0 Å². The van der Waals surface area contributed by atoms with Crippen LogP contribution in [0.5, 0.6) is 0 Å². The number of hydrogen-bond acceptors (Lipinski definition) is 8. The zero-order valence-electron chi connectivity index (χ0n) is 16.2. The van der Waals surface area contributed by atoms with E-state index in [1.54, 1.807) is 18.0 Å². The summed E-state index contributed by atoms with van der Waals surface area (Å²) < 4.78 is 0. The van der Waals surface area contributed by atoms with Crippen LogP contribution < -0.4 is 20.9 Å². The number of nitrogens with one attached hydrogen (secondary N) is 3. The number of benzene rings is 1. The maximum Gasteiger partial charge on any atom is 0.244 e. The number of hydrogen-bond donors (Lipinski definition) is 3. The number of fused-ring (bicyclic) bond motifs is 1. The molecule has 1 aromatic heterocycles. The minimum atomic E-state index is -0.260. The van der Waals surface area contributed by atoms with Crippen molar-refractivity contribution in [3.05, 3.63) is 47.5 Å². The fraction of sp³-hybridized carbons (Fsp3) is 0.300. The van der Waals surface area contributed by atoms with Crippen LogP contribution in [0.1, 0.15) is 18.2 Å². The molecule has 0 radical (unpaired) electrons. The second-order valence-corrected chi connectivity index (χ2v) is 7.74. The zero-order chi connectivity index (χ0) is 20.4. The molecule has 1 fully saturated rings. The molecule has 4 rings (SSSR count). The van der Waals surface area contributed by atoms with Gasteiger partial charge in [-0.2, -0.15) is 5.26 Å². The fourth-order valence-electron chi connectivity index (χ4n) is 3.39. The molecule has 2 aromatic rings. The number of carbonyl (C=O) groups is 1. The maximum absolute atomic E-state index is 12.4. The van der Waals surface area contributed by atoms with Crippen LogP contribution >= 0.6 is 11.8 Å². The largest absolute Gasteiger partial charge is 0.339 e. The highest BCUT2D eigenvalue weighted by Gasteiger charge is 2.28. The highest BCUT2D eigenvalue weighted by molar-refractivity contribution is 7.99. The number of nitrogens with zero attached hydrogens (tertiary/aromatic N) is 4. The van der Waals surface area contributed by atoms with Crippen molar-refractivity contribution < 1.29 is 4.79 Å². The van der Waals surface area contributed by atoms with Gasteiger partial charge in [-0.25, -0.2) is 9.97 Å². The minimum absolute atomic E-state index is 0.169. The predicted molar refractivity (Wildman–Crippen MR) is 115 cm³/mol. The first-order valence-corrected chi connectivity index (χ1v) is 10.5. The quantitative estimate of drug-likeness (QED) is 0.664. The molecule has 2 aliphatic rings. The molecule has 0 aliphatic carbocycles. The van der Waals surface area contributed by atoms with Crippen molar-refractivity contribution in [2.45, 2.75) is 19.9 Å². The molecular weight excluding hydrogens is 386 g/mol. The molecule has 0 unspecified atom stereocenters. The summed E-state index contributed by atoms with van der Waals surface area (Å²) in [5, 5.41) is 19.2. The Morgan fingerprint density at radius 3 is 3.00 bits per heavy atom. The number of rotatable bonds is 4. The molecule has 9 heteroatoms. The summed E-state index contributed by atoms with van der Waals surface area (Å²) in [4.78, 5) is 23.2. The zero-order valence-corrected chi connectivity index (χ0v) is 17.0. The fourth-order valence-corrected chi connectivity index (χ4v) is 4.33. The predicted octanol–water partition coefficient (Wildman–Crippen LogP) is 2.53. The van der Waals surface area contributed by atoms with Crippen LogP contribution in [0.2, 0.25) is 0 Å². The van der Waals surface area contributed by atoms with Gasteiger partial charge >= 0.3 is 0 Å². The third kappa shape index (κ3) is 3.64. The van der Waals surface area contributed by atoms with Crippen LogP contribution in [0, 0.1) is 18.3 Å². The summed E-state index contributed by atoms with van der Waals surface area (Å²) in [5.74, 6) is 2.18. The highest BCUT2D eigenvalue weighted by Crippen LogP contribution is 2.38. The van der Waals surface area contributed by atoms with E-state index < -0.39 is 0 Å². The number of thioether (sulfide) groups is 1. The lowest BCUT2D eigenvalue weighted by atomic mass is 10.1. The number of para-hydroxylation sites is 2. The summed E-state index contributed by atoms with van der Waals surface area (Å²) in [5.41, 5.74) is 3.63. The Kier molecular flexibility index (Phi) is 5.38. The van der Waals surface area contributed by atoms with Gasteiger partial charge in [-0.1, -0.05) is 12.1 Å². The van der Waals surface area contributed by atoms with Crippen molar-refractivity contribution in [2.24, 2.45) is 0 Å². The van der Waals surface area contributed by atoms with Gasteiger partial charge in [0.05, 0.1) is 23.1 Å². The van der Waals surface area contributed by atoms with Gasteiger partial charge in [-0.15, -0.1) is 11.8 Å². The smallest absolute Gasteiger partial charge is 0.244 e. The van der Waals surface area contributed by atoms with Crippen LogP contribution in [-0.2, 0) is 4.79 Å².